The zero-order chi connectivity index (χ0) is 15.0. The Bertz CT molecular complexity index is 595. The molecule has 2 aromatic carbocycles. The third kappa shape index (κ3) is 6.25. The van der Waals surface area contributed by atoms with Crippen LogP contribution in [-0.4, -0.2) is 5.24 Å². The van der Waals surface area contributed by atoms with Gasteiger partial charge in [0.1, 0.15) is 0 Å². The number of allylic oxidation sites excluding steroid dienone is 1. The first-order valence-electron chi connectivity index (χ1n) is 5.83. The minimum absolute atomic E-state index is 0.382. The van der Waals surface area contributed by atoms with Crippen molar-refractivity contribution in [2.45, 2.75) is 6.92 Å². The molecule has 0 fully saturated rings. The van der Waals surface area contributed by atoms with Crippen LogP contribution in [0.15, 0.2) is 54.6 Å². The predicted octanol–water partition coefficient (Wildman–Crippen LogP) is 4.74. The van der Waals surface area contributed by atoms with Gasteiger partial charge >= 0.3 is 0 Å². The van der Waals surface area contributed by atoms with Crippen LogP contribution in [0.25, 0.3) is 6.08 Å². The van der Waals surface area contributed by atoms with Gasteiger partial charge < -0.3 is 0 Å². The first-order chi connectivity index (χ1) is 9.49. The molecule has 0 aliphatic rings. The van der Waals surface area contributed by atoms with Crippen molar-refractivity contribution in [3.05, 3.63) is 77.4 Å². The Morgan fingerprint density at radius 2 is 1.70 bits per heavy atom. The summed E-state index contributed by atoms with van der Waals surface area (Å²) in [4.78, 5) is 10.3. The molecule has 0 radical (unpaired) electrons. The predicted molar refractivity (Wildman–Crippen MR) is 77.4 cm³/mol. The summed E-state index contributed by atoms with van der Waals surface area (Å²) in [7, 11) is 0. The minimum Gasteiger partial charge on any atom is -0.276 e. The van der Waals surface area contributed by atoms with E-state index in [2.05, 4.69) is 19.1 Å². The molecule has 0 bridgehead atoms. The lowest BCUT2D eigenvalue weighted by molar-refractivity contribution is -0.107. The Labute approximate surface area is 121 Å². The molecule has 20 heavy (non-hydrogen) atoms. The minimum atomic E-state index is -0.954. The maximum absolute atomic E-state index is 12.6. The van der Waals surface area contributed by atoms with E-state index in [0.29, 0.717) is 5.56 Å². The molecular weight excluding hydrogens is 282 g/mol. The Hall–Kier alpha value is -2.00. The third-order valence-corrected chi connectivity index (χ3v) is 2.42. The summed E-state index contributed by atoms with van der Waals surface area (Å²) in [5.41, 5.74) is 1.70. The third-order valence-electron chi connectivity index (χ3n) is 2.29. The molecule has 0 N–H and O–H groups in total. The summed E-state index contributed by atoms with van der Waals surface area (Å²) in [6.45, 7) is 2.08. The maximum Gasteiger partial charge on any atom is 0.245 e. The van der Waals surface area contributed by atoms with Crippen molar-refractivity contribution in [2.75, 3.05) is 0 Å². The van der Waals surface area contributed by atoms with Crippen LogP contribution in [0.1, 0.15) is 11.1 Å². The van der Waals surface area contributed by atoms with Crippen LogP contribution in [0.3, 0.4) is 0 Å². The molecule has 104 valence electrons. The van der Waals surface area contributed by atoms with Gasteiger partial charge in [-0.1, -0.05) is 48.0 Å². The van der Waals surface area contributed by atoms with Crippen molar-refractivity contribution < 1.29 is 13.6 Å². The molecule has 2 rings (SSSR count). The quantitative estimate of drug-likeness (QED) is 0.577. The van der Waals surface area contributed by atoms with Gasteiger partial charge in [0, 0.05) is 0 Å². The highest BCUT2D eigenvalue weighted by atomic mass is 35.5. The highest BCUT2D eigenvalue weighted by Crippen LogP contribution is 2.10. The van der Waals surface area contributed by atoms with E-state index in [4.69, 9.17) is 11.6 Å². The maximum atomic E-state index is 12.6. The topological polar surface area (TPSA) is 17.1 Å². The van der Waals surface area contributed by atoms with Crippen molar-refractivity contribution in [3.63, 3.8) is 0 Å². The Morgan fingerprint density at radius 3 is 2.15 bits per heavy atom. The molecule has 0 amide bonds. The Balaban J connectivity index is 0.000000240. The fraction of sp³-hybridized carbons (Fsp3) is 0.0625. The monoisotopic (exact) mass is 294 g/mol. The Kier molecular flexibility index (Phi) is 6.60. The summed E-state index contributed by atoms with van der Waals surface area (Å²) in [6.07, 6.45) is 2.37. The summed E-state index contributed by atoms with van der Waals surface area (Å²) >= 11 is 5.01. The van der Waals surface area contributed by atoms with Crippen LogP contribution >= 0.6 is 11.6 Å². The van der Waals surface area contributed by atoms with Gasteiger partial charge in [0.2, 0.25) is 5.24 Å². The summed E-state index contributed by atoms with van der Waals surface area (Å²) in [5.74, 6) is -1.88. The van der Waals surface area contributed by atoms with Crippen LogP contribution in [0.2, 0.25) is 0 Å². The standard InChI is InChI=1S/C9H5ClF2O.C7H8/c10-9(13)4-2-6-1-3-7(11)8(12)5-6;1-7-5-3-2-4-6-7/h1-5H;2-6H,1H3/b4-2+;. The SMILES string of the molecule is Cc1ccccc1.O=C(Cl)/C=C/c1ccc(F)c(F)c1. The second-order valence-corrected chi connectivity index (χ2v) is 4.34. The number of carbonyl (C=O) groups excluding carboxylic acids is 1. The number of carbonyl (C=O) groups is 1. The molecule has 0 unspecified atom stereocenters. The number of hydrogen-bond donors (Lipinski definition) is 0. The number of hydrogen-bond acceptors (Lipinski definition) is 1. The number of rotatable bonds is 2. The van der Waals surface area contributed by atoms with Gasteiger partial charge in [0.15, 0.2) is 11.6 Å². The fourth-order valence-corrected chi connectivity index (χ4v) is 1.38. The molecule has 2 aromatic rings. The van der Waals surface area contributed by atoms with Gasteiger partial charge in [-0.15, -0.1) is 0 Å². The van der Waals surface area contributed by atoms with Crippen molar-refractivity contribution in [2.24, 2.45) is 0 Å². The zero-order valence-electron chi connectivity index (χ0n) is 10.8. The van der Waals surface area contributed by atoms with Crippen LogP contribution in [0, 0.1) is 18.6 Å². The highest BCUT2D eigenvalue weighted by Gasteiger charge is 1.99. The lowest BCUT2D eigenvalue weighted by Gasteiger charge is -1.94. The first-order valence-corrected chi connectivity index (χ1v) is 6.21. The van der Waals surface area contributed by atoms with Gasteiger partial charge in [0.05, 0.1) is 0 Å². The van der Waals surface area contributed by atoms with Crippen LogP contribution < -0.4 is 0 Å². The summed E-state index contributed by atoms with van der Waals surface area (Å²) in [6, 6.07) is 13.6. The highest BCUT2D eigenvalue weighted by molar-refractivity contribution is 6.66. The number of aryl methyl sites for hydroxylation is 1. The van der Waals surface area contributed by atoms with Gasteiger partial charge in [-0.25, -0.2) is 8.78 Å². The van der Waals surface area contributed by atoms with E-state index in [0.717, 1.165) is 18.2 Å². The van der Waals surface area contributed by atoms with Crippen LogP contribution in [0.5, 0.6) is 0 Å². The fourth-order valence-electron chi connectivity index (χ4n) is 1.31. The molecule has 0 aromatic heterocycles. The van der Waals surface area contributed by atoms with Crippen molar-refractivity contribution in [1.82, 2.24) is 0 Å². The summed E-state index contributed by atoms with van der Waals surface area (Å²) < 4.78 is 25.0. The van der Waals surface area contributed by atoms with Gasteiger partial charge in [-0.2, -0.15) is 0 Å². The molecule has 0 heterocycles. The molecule has 0 atom stereocenters. The van der Waals surface area contributed by atoms with E-state index in [-0.39, 0.29) is 0 Å². The number of benzene rings is 2. The van der Waals surface area contributed by atoms with E-state index >= 15 is 0 Å². The summed E-state index contributed by atoms with van der Waals surface area (Å²) in [5, 5.41) is -0.662. The van der Waals surface area contributed by atoms with Crippen molar-refractivity contribution >= 4 is 22.9 Å². The molecule has 0 saturated heterocycles. The van der Waals surface area contributed by atoms with Crippen molar-refractivity contribution in [3.8, 4) is 0 Å². The zero-order valence-corrected chi connectivity index (χ0v) is 11.6. The Morgan fingerprint density at radius 1 is 1.05 bits per heavy atom. The largest absolute Gasteiger partial charge is 0.276 e. The average Bonchev–Trinajstić information content (AvgIpc) is 2.42. The molecule has 0 saturated carbocycles. The van der Waals surface area contributed by atoms with Crippen LogP contribution in [-0.2, 0) is 4.79 Å². The number of halogens is 3. The molecular formula is C16H13ClF2O. The van der Waals surface area contributed by atoms with Crippen molar-refractivity contribution in [1.29, 1.82) is 0 Å². The average molecular weight is 295 g/mol. The molecule has 0 aliphatic carbocycles. The van der Waals surface area contributed by atoms with E-state index < -0.39 is 16.9 Å². The van der Waals surface area contributed by atoms with Gasteiger partial charge in [-0.3, -0.25) is 4.79 Å². The molecule has 0 spiro atoms. The lowest BCUT2D eigenvalue weighted by atomic mass is 10.2. The smallest absolute Gasteiger partial charge is 0.245 e. The van der Waals surface area contributed by atoms with E-state index in [1.165, 1.54) is 17.7 Å². The lowest BCUT2D eigenvalue weighted by Crippen LogP contribution is -1.84. The molecule has 4 heteroatoms. The molecule has 0 aliphatic heterocycles. The van der Waals surface area contributed by atoms with Gasteiger partial charge in [-0.05, 0) is 42.3 Å². The van der Waals surface area contributed by atoms with Crippen LogP contribution in [0.4, 0.5) is 8.78 Å². The van der Waals surface area contributed by atoms with Gasteiger partial charge in [0.25, 0.3) is 0 Å². The van der Waals surface area contributed by atoms with E-state index in [1.807, 2.05) is 18.2 Å². The van der Waals surface area contributed by atoms with E-state index in [1.54, 1.807) is 0 Å². The van der Waals surface area contributed by atoms with E-state index in [9.17, 15) is 13.6 Å². The second kappa shape index (κ2) is 8.23. The molecule has 1 nitrogen and oxygen atoms in total. The second-order valence-electron chi connectivity index (χ2n) is 3.97. The normalized spacial score (nSPS) is 10.0. The first kappa shape index (κ1) is 16.1.